The van der Waals surface area contributed by atoms with E-state index in [9.17, 15) is 4.39 Å². The summed E-state index contributed by atoms with van der Waals surface area (Å²) in [6, 6.07) is 4.50. The molecule has 4 heteroatoms. The lowest BCUT2D eigenvalue weighted by molar-refractivity contribution is 0.0168. The molecule has 18 heavy (non-hydrogen) atoms. The summed E-state index contributed by atoms with van der Waals surface area (Å²) in [5.74, 6) is -0.320. The van der Waals surface area contributed by atoms with Gasteiger partial charge in [-0.3, -0.25) is 0 Å². The summed E-state index contributed by atoms with van der Waals surface area (Å²) in [5.41, 5.74) is 7.06. The first-order valence-corrected chi connectivity index (χ1v) is 6.77. The zero-order valence-corrected chi connectivity index (χ0v) is 11.1. The molecule has 0 atom stereocenters. The molecule has 0 amide bonds. The van der Waals surface area contributed by atoms with E-state index in [1.54, 1.807) is 6.07 Å². The zero-order chi connectivity index (χ0) is 13.0. The Morgan fingerprint density at radius 3 is 2.72 bits per heavy atom. The summed E-state index contributed by atoms with van der Waals surface area (Å²) in [6.45, 7) is 0.456. The van der Waals surface area contributed by atoms with E-state index >= 15 is 0 Å². The molecule has 0 heterocycles. The number of thiocarbonyl (C=S) groups is 1. The van der Waals surface area contributed by atoms with Gasteiger partial charge in [-0.25, -0.2) is 4.39 Å². The zero-order valence-electron chi connectivity index (χ0n) is 10.3. The molecule has 1 saturated carbocycles. The van der Waals surface area contributed by atoms with Crippen LogP contribution in [0.4, 0.5) is 4.39 Å². The number of hydrogen-bond acceptors (Lipinski definition) is 2. The Hall–Kier alpha value is -1.00. The van der Waals surface area contributed by atoms with Gasteiger partial charge in [0.1, 0.15) is 10.8 Å². The van der Waals surface area contributed by atoms with E-state index in [-0.39, 0.29) is 10.8 Å². The molecular weight excluding hydrogens is 249 g/mol. The topological polar surface area (TPSA) is 35.2 Å². The molecule has 1 aromatic rings. The lowest BCUT2D eigenvalue weighted by atomic mass is 9.98. The highest BCUT2D eigenvalue weighted by Crippen LogP contribution is 2.22. The third-order valence-electron chi connectivity index (χ3n) is 3.36. The number of ether oxygens (including phenoxy) is 1. The maximum absolute atomic E-state index is 13.1. The predicted octanol–water partition coefficient (Wildman–Crippen LogP) is 3.31. The van der Waals surface area contributed by atoms with Crippen LogP contribution in [0.1, 0.15) is 43.2 Å². The van der Waals surface area contributed by atoms with Crippen molar-refractivity contribution in [2.45, 2.75) is 44.8 Å². The van der Waals surface area contributed by atoms with Crippen molar-refractivity contribution in [3.05, 3.63) is 35.1 Å². The van der Waals surface area contributed by atoms with Crippen LogP contribution in [0, 0.1) is 5.82 Å². The van der Waals surface area contributed by atoms with Crippen LogP contribution in [-0.4, -0.2) is 11.1 Å². The van der Waals surface area contributed by atoms with Crippen molar-refractivity contribution >= 4 is 17.2 Å². The molecule has 2 N–H and O–H groups in total. The summed E-state index contributed by atoms with van der Waals surface area (Å²) in [5, 5.41) is 0. The van der Waals surface area contributed by atoms with Crippen LogP contribution < -0.4 is 5.73 Å². The van der Waals surface area contributed by atoms with Gasteiger partial charge in [0.25, 0.3) is 0 Å². The molecule has 2 nitrogen and oxygen atoms in total. The summed E-state index contributed by atoms with van der Waals surface area (Å²) in [4.78, 5) is 0.219. The maximum atomic E-state index is 13.1. The minimum Gasteiger partial charge on any atom is -0.389 e. The number of rotatable bonds is 4. The fraction of sp³-hybridized carbons (Fsp3) is 0.500. The van der Waals surface area contributed by atoms with E-state index in [1.807, 2.05) is 0 Å². The quantitative estimate of drug-likeness (QED) is 0.850. The second-order valence-electron chi connectivity index (χ2n) is 4.74. The summed E-state index contributed by atoms with van der Waals surface area (Å²) < 4.78 is 19.0. The molecule has 0 aromatic heterocycles. The smallest absolute Gasteiger partial charge is 0.123 e. The second kappa shape index (κ2) is 6.25. The fourth-order valence-electron chi connectivity index (χ4n) is 2.34. The van der Waals surface area contributed by atoms with E-state index in [4.69, 9.17) is 22.7 Å². The molecule has 1 fully saturated rings. The van der Waals surface area contributed by atoms with Gasteiger partial charge in [0.2, 0.25) is 0 Å². The van der Waals surface area contributed by atoms with Gasteiger partial charge < -0.3 is 10.5 Å². The van der Waals surface area contributed by atoms with Gasteiger partial charge in [-0.05, 0) is 30.5 Å². The minimum absolute atomic E-state index is 0.219. The van der Waals surface area contributed by atoms with Crippen LogP contribution in [0.3, 0.4) is 0 Å². The standard InChI is InChI=1S/C14H18FNOS/c15-11-7-6-10(13(8-11)14(16)18)9-17-12-4-2-1-3-5-12/h6-8,12H,1-5,9H2,(H2,16,18). The first kappa shape index (κ1) is 13.4. The molecular formula is C14H18FNOS. The highest BCUT2D eigenvalue weighted by Gasteiger charge is 2.15. The van der Waals surface area contributed by atoms with Gasteiger partial charge in [0, 0.05) is 5.56 Å². The maximum Gasteiger partial charge on any atom is 0.123 e. The van der Waals surface area contributed by atoms with Crippen molar-refractivity contribution in [3.8, 4) is 0 Å². The summed E-state index contributed by atoms with van der Waals surface area (Å²) >= 11 is 4.94. The highest BCUT2D eigenvalue weighted by atomic mass is 32.1. The molecule has 0 unspecified atom stereocenters. The lowest BCUT2D eigenvalue weighted by Crippen LogP contribution is -2.18. The minimum atomic E-state index is -0.320. The Morgan fingerprint density at radius 1 is 1.33 bits per heavy atom. The average molecular weight is 267 g/mol. The SMILES string of the molecule is NC(=S)c1cc(F)ccc1COC1CCCCC1. The number of nitrogens with two attached hydrogens (primary N) is 1. The van der Waals surface area contributed by atoms with Crippen LogP contribution in [0.5, 0.6) is 0 Å². The average Bonchev–Trinajstić information content (AvgIpc) is 2.38. The van der Waals surface area contributed by atoms with E-state index < -0.39 is 0 Å². The molecule has 0 spiro atoms. The number of benzene rings is 1. The monoisotopic (exact) mass is 267 g/mol. The molecule has 0 bridgehead atoms. The lowest BCUT2D eigenvalue weighted by Gasteiger charge is -2.22. The molecule has 1 aromatic carbocycles. The Bertz CT molecular complexity index is 430. The fourth-order valence-corrected chi connectivity index (χ4v) is 2.53. The number of hydrogen-bond donors (Lipinski definition) is 1. The van der Waals surface area contributed by atoms with E-state index in [0.717, 1.165) is 18.4 Å². The van der Waals surface area contributed by atoms with Crippen LogP contribution in [0.15, 0.2) is 18.2 Å². The molecule has 0 aliphatic heterocycles. The van der Waals surface area contributed by atoms with Crippen molar-refractivity contribution in [1.82, 2.24) is 0 Å². The van der Waals surface area contributed by atoms with Crippen molar-refractivity contribution in [3.63, 3.8) is 0 Å². The van der Waals surface area contributed by atoms with Gasteiger partial charge in [0.15, 0.2) is 0 Å². The Labute approximate surface area is 112 Å². The first-order valence-electron chi connectivity index (χ1n) is 6.36. The molecule has 2 rings (SSSR count). The van der Waals surface area contributed by atoms with Gasteiger partial charge in [0.05, 0.1) is 12.7 Å². The van der Waals surface area contributed by atoms with Crippen LogP contribution in [0.2, 0.25) is 0 Å². The highest BCUT2D eigenvalue weighted by molar-refractivity contribution is 7.80. The molecule has 1 aliphatic carbocycles. The van der Waals surface area contributed by atoms with Crippen LogP contribution >= 0.6 is 12.2 Å². The molecule has 0 saturated heterocycles. The third kappa shape index (κ3) is 3.50. The van der Waals surface area contributed by atoms with E-state index in [0.29, 0.717) is 18.3 Å². The Balaban J connectivity index is 2.01. The Morgan fingerprint density at radius 2 is 2.06 bits per heavy atom. The number of halogens is 1. The van der Waals surface area contributed by atoms with Crippen molar-refractivity contribution in [2.75, 3.05) is 0 Å². The largest absolute Gasteiger partial charge is 0.389 e. The normalized spacial score (nSPS) is 16.7. The third-order valence-corrected chi connectivity index (χ3v) is 3.58. The van der Waals surface area contributed by atoms with Crippen molar-refractivity contribution in [1.29, 1.82) is 0 Å². The molecule has 1 aliphatic rings. The van der Waals surface area contributed by atoms with E-state index in [2.05, 4.69) is 0 Å². The first-order chi connectivity index (χ1) is 8.66. The summed E-state index contributed by atoms with van der Waals surface area (Å²) in [7, 11) is 0. The second-order valence-corrected chi connectivity index (χ2v) is 5.18. The van der Waals surface area contributed by atoms with E-state index in [1.165, 1.54) is 31.4 Å². The van der Waals surface area contributed by atoms with Gasteiger partial charge >= 0.3 is 0 Å². The summed E-state index contributed by atoms with van der Waals surface area (Å²) in [6.07, 6.45) is 6.32. The predicted molar refractivity (Wildman–Crippen MR) is 73.9 cm³/mol. The van der Waals surface area contributed by atoms with Crippen LogP contribution in [-0.2, 0) is 11.3 Å². The molecule has 98 valence electrons. The van der Waals surface area contributed by atoms with Crippen molar-refractivity contribution in [2.24, 2.45) is 5.73 Å². The van der Waals surface area contributed by atoms with Gasteiger partial charge in [-0.1, -0.05) is 37.5 Å². The Kier molecular flexibility index (Phi) is 4.66. The van der Waals surface area contributed by atoms with Gasteiger partial charge in [-0.2, -0.15) is 0 Å². The van der Waals surface area contributed by atoms with Crippen molar-refractivity contribution < 1.29 is 9.13 Å². The molecule has 0 radical (unpaired) electrons. The van der Waals surface area contributed by atoms with Gasteiger partial charge in [-0.15, -0.1) is 0 Å². The van der Waals surface area contributed by atoms with Crippen LogP contribution in [0.25, 0.3) is 0 Å².